The van der Waals surface area contributed by atoms with Crippen LogP contribution in [-0.4, -0.2) is 42.6 Å². The fraction of sp³-hybridized carbons (Fsp3) is 0.400. The molecule has 1 aliphatic heterocycles. The Morgan fingerprint density at radius 3 is 3.00 bits per heavy atom. The van der Waals surface area contributed by atoms with Crippen molar-refractivity contribution < 1.29 is 13.9 Å². The van der Waals surface area contributed by atoms with Crippen LogP contribution in [0.25, 0.3) is 11.0 Å². The van der Waals surface area contributed by atoms with Crippen LogP contribution in [-0.2, 0) is 4.74 Å². The van der Waals surface area contributed by atoms with Gasteiger partial charge in [0.25, 0.3) is 5.91 Å². The molecule has 20 heavy (non-hydrogen) atoms. The van der Waals surface area contributed by atoms with Crippen molar-refractivity contribution >= 4 is 16.9 Å². The van der Waals surface area contributed by atoms with Crippen molar-refractivity contribution in [1.29, 1.82) is 0 Å². The first-order valence-electron chi connectivity index (χ1n) is 6.80. The maximum Gasteiger partial charge on any atom is 0.257 e. The van der Waals surface area contributed by atoms with Gasteiger partial charge in [-0.15, -0.1) is 0 Å². The van der Waals surface area contributed by atoms with Gasteiger partial charge in [0.05, 0.1) is 17.8 Å². The van der Waals surface area contributed by atoms with Crippen molar-refractivity contribution in [3.8, 4) is 0 Å². The van der Waals surface area contributed by atoms with Gasteiger partial charge in [0.1, 0.15) is 11.8 Å². The van der Waals surface area contributed by atoms with E-state index in [1.165, 1.54) is 6.26 Å². The molecule has 0 saturated carbocycles. The van der Waals surface area contributed by atoms with Crippen LogP contribution in [0.15, 0.2) is 34.9 Å². The maximum atomic E-state index is 12.7. The van der Waals surface area contributed by atoms with Gasteiger partial charge in [-0.1, -0.05) is 18.2 Å². The predicted molar refractivity (Wildman–Crippen MR) is 75.5 cm³/mol. The van der Waals surface area contributed by atoms with E-state index in [1.807, 2.05) is 31.2 Å². The van der Waals surface area contributed by atoms with E-state index in [0.29, 0.717) is 25.2 Å². The fourth-order valence-electron chi connectivity index (χ4n) is 2.65. The molecular formula is C15H18N2O3. The number of morpholine rings is 1. The number of carbonyl (C=O) groups is 1. The highest BCUT2D eigenvalue weighted by Crippen LogP contribution is 2.23. The van der Waals surface area contributed by atoms with Crippen molar-refractivity contribution in [2.75, 3.05) is 19.6 Å². The molecule has 1 amide bonds. The number of furan rings is 1. The second kappa shape index (κ2) is 5.26. The Morgan fingerprint density at radius 2 is 2.20 bits per heavy atom. The lowest BCUT2D eigenvalue weighted by molar-refractivity contribution is -0.0625. The molecule has 2 atom stereocenters. The minimum Gasteiger partial charge on any atom is -0.463 e. The number of benzene rings is 1. The summed E-state index contributed by atoms with van der Waals surface area (Å²) in [6, 6.07) is 7.55. The first-order valence-corrected chi connectivity index (χ1v) is 6.80. The third kappa shape index (κ3) is 2.30. The standard InChI is InChI=1S/C15H18N2O3/c1-10-7-17(8-11(6-16)20-10)15(18)13-9-19-14-5-3-2-4-12(13)14/h2-5,9-11H,6-8,16H2,1H3. The molecule has 1 saturated heterocycles. The van der Waals surface area contributed by atoms with E-state index >= 15 is 0 Å². The normalized spacial score (nSPS) is 23.2. The highest BCUT2D eigenvalue weighted by Gasteiger charge is 2.29. The van der Waals surface area contributed by atoms with Gasteiger partial charge in [-0.05, 0) is 13.0 Å². The summed E-state index contributed by atoms with van der Waals surface area (Å²) < 4.78 is 11.1. The molecular weight excluding hydrogens is 256 g/mol. The summed E-state index contributed by atoms with van der Waals surface area (Å²) in [6.45, 7) is 3.48. The Labute approximate surface area is 117 Å². The Morgan fingerprint density at radius 1 is 1.40 bits per heavy atom. The van der Waals surface area contributed by atoms with Crippen molar-refractivity contribution in [2.45, 2.75) is 19.1 Å². The van der Waals surface area contributed by atoms with Gasteiger partial charge in [0.15, 0.2) is 0 Å². The van der Waals surface area contributed by atoms with E-state index in [4.69, 9.17) is 14.9 Å². The van der Waals surface area contributed by atoms with Crippen molar-refractivity contribution in [3.63, 3.8) is 0 Å². The van der Waals surface area contributed by atoms with Crippen LogP contribution >= 0.6 is 0 Å². The van der Waals surface area contributed by atoms with Crippen molar-refractivity contribution in [3.05, 3.63) is 36.1 Å². The molecule has 0 spiro atoms. The number of para-hydroxylation sites is 1. The summed E-state index contributed by atoms with van der Waals surface area (Å²) in [7, 11) is 0. The number of hydrogen-bond donors (Lipinski definition) is 1. The van der Waals surface area contributed by atoms with Gasteiger partial charge in [-0.3, -0.25) is 4.79 Å². The van der Waals surface area contributed by atoms with Gasteiger partial charge >= 0.3 is 0 Å². The Bertz CT molecular complexity index is 622. The molecule has 0 aliphatic carbocycles. The summed E-state index contributed by atoms with van der Waals surface area (Å²) in [4.78, 5) is 14.4. The molecule has 1 aromatic carbocycles. The van der Waals surface area contributed by atoms with E-state index in [-0.39, 0.29) is 18.1 Å². The molecule has 1 aromatic heterocycles. The molecule has 0 radical (unpaired) electrons. The Kier molecular flexibility index (Phi) is 3.46. The highest BCUT2D eigenvalue weighted by atomic mass is 16.5. The number of ether oxygens (including phenoxy) is 1. The number of fused-ring (bicyclic) bond motifs is 1. The minimum atomic E-state index is -0.0964. The molecule has 3 rings (SSSR count). The molecule has 1 aliphatic rings. The van der Waals surface area contributed by atoms with Gasteiger partial charge in [-0.2, -0.15) is 0 Å². The van der Waals surface area contributed by atoms with Crippen LogP contribution in [0.5, 0.6) is 0 Å². The molecule has 106 valence electrons. The molecule has 5 nitrogen and oxygen atoms in total. The van der Waals surface area contributed by atoms with Crippen LogP contribution in [0.2, 0.25) is 0 Å². The number of carbonyl (C=O) groups excluding carboxylic acids is 1. The molecule has 2 heterocycles. The first-order chi connectivity index (χ1) is 9.69. The van der Waals surface area contributed by atoms with Crippen LogP contribution in [0, 0.1) is 0 Å². The smallest absolute Gasteiger partial charge is 0.257 e. The van der Waals surface area contributed by atoms with Crippen LogP contribution in [0.4, 0.5) is 0 Å². The lowest BCUT2D eigenvalue weighted by atomic mass is 10.1. The zero-order chi connectivity index (χ0) is 14.1. The first kappa shape index (κ1) is 13.1. The number of rotatable bonds is 2. The van der Waals surface area contributed by atoms with Crippen molar-refractivity contribution in [1.82, 2.24) is 4.90 Å². The van der Waals surface area contributed by atoms with Crippen LogP contribution in [0.3, 0.4) is 0 Å². The summed E-state index contributed by atoms with van der Waals surface area (Å²) in [5.41, 5.74) is 6.99. The molecule has 2 aromatic rings. The second-order valence-corrected chi connectivity index (χ2v) is 5.16. The molecule has 2 N–H and O–H groups in total. The number of hydrogen-bond acceptors (Lipinski definition) is 4. The topological polar surface area (TPSA) is 68.7 Å². The van der Waals surface area contributed by atoms with Crippen LogP contribution in [0.1, 0.15) is 17.3 Å². The third-order valence-electron chi connectivity index (χ3n) is 3.59. The second-order valence-electron chi connectivity index (χ2n) is 5.16. The number of nitrogens with zero attached hydrogens (tertiary/aromatic N) is 1. The van der Waals surface area contributed by atoms with E-state index in [2.05, 4.69) is 0 Å². The SMILES string of the molecule is CC1CN(C(=O)c2coc3ccccc23)CC(CN)O1. The van der Waals surface area contributed by atoms with Gasteiger partial charge in [-0.25, -0.2) is 0 Å². The molecule has 2 unspecified atom stereocenters. The van der Waals surface area contributed by atoms with Crippen LogP contribution < -0.4 is 5.73 Å². The van der Waals surface area contributed by atoms with E-state index in [9.17, 15) is 4.79 Å². The summed E-state index contributed by atoms with van der Waals surface area (Å²) >= 11 is 0. The molecule has 1 fully saturated rings. The monoisotopic (exact) mass is 274 g/mol. The van der Waals surface area contributed by atoms with E-state index in [0.717, 1.165) is 11.0 Å². The zero-order valence-corrected chi connectivity index (χ0v) is 11.4. The van der Waals surface area contributed by atoms with E-state index < -0.39 is 0 Å². The lowest BCUT2D eigenvalue weighted by Crippen LogP contribution is -2.51. The Balaban J connectivity index is 1.88. The largest absolute Gasteiger partial charge is 0.463 e. The molecule has 0 bridgehead atoms. The predicted octanol–water partition coefficient (Wildman–Crippen LogP) is 1.62. The maximum absolute atomic E-state index is 12.7. The molecule has 5 heteroatoms. The summed E-state index contributed by atoms with van der Waals surface area (Å²) in [5, 5.41) is 0.848. The lowest BCUT2D eigenvalue weighted by Gasteiger charge is -2.36. The van der Waals surface area contributed by atoms with Gasteiger partial charge in [0.2, 0.25) is 0 Å². The highest BCUT2D eigenvalue weighted by molar-refractivity contribution is 6.05. The summed E-state index contributed by atoms with van der Waals surface area (Å²) in [5.74, 6) is -0.0245. The van der Waals surface area contributed by atoms with Gasteiger partial charge < -0.3 is 19.8 Å². The van der Waals surface area contributed by atoms with Gasteiger partial charge in [0, 0.05) is 25.0 Å². The average molecular weight is 274 g/mol. The Hall–Kier alpha value is -1.85. The van der Waals surface area contributed by atoms with Crippen molar-refractivity contribution in [2.24, 2.45) is 5.73 Å². The number of amides is 1. The fourth-order valence-corrected chi connectivity index (χ4v) is 2.65. The third-order valence-corrected chi connectivity index (χ3v) is 3.59. The van der Waals surface area contributed by atoms with E-state index in [1.54, 1.807) is 4.90 Å². The average Bonchev–Trinajstić information content (AvgIpc) is 2.89. The number of nitrogens with two attached hydrogens (primary N) is 1. The zero-order valence-electron chi connectivity index (χ0n) is 11.4. The summed E-state index contributed by atoms with van der Waals surface area (Å²) in [6.07, 6.45) is 1.44. The minimum absolute atomic E-state index is 0.000541. The quantitative estimate of drug-likeness (QED) is 0.903.